The maximum atomic E-state index is 2.53. The first-order chi connectivity index (χ1) is 8.33. The fourth-order valence-electron chi connectivity index (χ4n) is 2.68. The Balaban J connectivity index is 5.82. The predicted octanol–water partition coefficient (Wildman–Crippen LogP) is 6.00. The van der Waals surface area contributed by atoms with Crippen LogP contribution in [0, 0.1) is 0 Å². The van der Waals surface area contributed by atoms with Crippen LogP contribution in [-0.2, 0) is 0 Å². The number of hydrogen-bond donors (Lipinski definition) is 0. The van der Waals surface area contributed by atoms with Gasteiger partial charge in [-0.3, -0.25) is 0 Å². The normalized spacial score (nSPS) is 13.1. The third-order valence-electron chi connectivity index (χ3n) is 4.25. The summed E-state index contributed by atoms with van der Waals surface area (Å²) in [5, 5.41) is 1.74. The van der Waals surface area contributed by atoms with Crippen LogP contribution in [0.4, 0.5) is 0 Å². The molecule has 2 heteroatoms. The van der Waals surface area contributed by atoms with Crippen molar-refractivity contribution in [3.05, 3.63) is 22.3 Å². The van der Waals surface area contributed by atoms with E-state index in [1.54, 1.807) is 10.7 Å². The maximum absolute atomic E-state index is 2.53. The molecule has 0 heterocycles. The van der Waals surface area contributed by atoms with E-state index < -0.39 is 8.07 Å². The van der Waals surface area contributed by atoms with Crippen molar-refractivity contribution in [1.29, 1.82) is 0 Å². The van der Waals surface area contributed by atoms with Gasteiger partial charge in [0.25, 0.3) is 0 Å². The van der Waals surface area contributed by atoms with E-state index >= 15 is 0 Å². The van der Waals surface area contributed by atoms with Crippen LogP contribution in [0.5, 0.6) is 0 Å². The Hall–Kier alpha value is -0.238. The summed E-state index contributed by atoms with van der Waals surface area (Å²) in [4.78, 5) is 0. The summed E-state index contributed by atoms with van der Waals surface area (Å²) in [5.74, 6) is 0. The molecular formula is C16H33BSi. The van der Waals surface area contributed by atoms with Crippen molar-refractivity contribution in [1.82, 2.24) is 0 Å². The van der Waals surface area contributed by atoms with Crippen molar-refractivity contribution >= 4 is 14.8 Å². The van der Waals surface area contributed by atoms with E-state index in [0.717, 1.165) is 6.71 Å². The van der Waals surface area contributed by atoms with Gasteiger partial charge >= 0.3 is 0 Å². The topological polar surface area (TPSA) is 0 Å². The number of allylic oxidation sites excluding steroid dienone is 4. The summed E-state index contributed by atoms with van der Waals surface area (Å²) in [6.45, 7) is 19.7. The monoisotopic (exact) mass is 264 g/mol. The maximum Gasteiger partial charge on any atom is 0.169 e. The summed E-state index contributed by atoms with van der Waals surface area (Å²) < 4.78 is 0. The van der Waals surface area contributed by atoms with E-state index in [4.69, 9.17) is 0 Å². The van der Waals surface area contributed by atoms with Crippen molar-refractivity contribution < 1.29 is 0 Å². The Morgan fingerprint density at radius 2 is 1.50 bits per heavy atom. The third kappa shape index (κ3) is 4.80. The van der Waals surface area contributed by atoms with Gasteiger partial charge in [0.05, 0.1) is 8.07 Å². The third-order valence-corrected chi connectivity index (χ3v) is 7.94. The lowest BCUT2D eigenvalue weighted by atomic mass is 9.40. The molecule has 0 aromatic carbocycles. The highest BCUT2D eigenvalue weighted by molar-refractivity contribution is 6.86. The molecule has 0 atom stereocenters. The van der Waals surface area contributed by atoms with Gasteiger partial charge in [0.15, 0.2) is 6.71 Å². The van der Waals surface area contributed by atoms with E-state index in [-0.39, 0.29) is 0 Å². The minimum atomic E-state index is -1.25. The molecule has 0 bridgehead atoms. The molecule has 0 aromatic heterocycles. The van der Waals surface area contributed by atoms with Gasteiger partial charge < -0.3 is 0 Å². The fourth-order valence-corrected chi connectivity index (χ4v) is 4.99. The Labute approximate surface area is 117 Å². The summed E-state index contributed by atoms with van der Waals surface area (Å²) in [7, 11) is -1.25. The molecule has 0 aliphatic carbocycles. The molecule has 0 aromatic rings. The first-order valence-electron chi connectivity index (χ1n) is 7.72. The molecule has 0 N–H and O–H groups in total. The minimum absolute atomic E-state index is 0.791. The summed E-state index contributed by atoms with van der Waals surface area (Å²) >= 11 is 0. The van der Waals surface area contributed by atoms with Crippen molar-refractivity contribution in [2.45, 2.75) is 79.7 Å². The number of rotatable bonds is 7. The summed E-state index contributed by atoms with van der Waals surface area (Å²) in [6, 6.07) is 1.34. The zero-order chi connectivity index (χ0) is 14.3. The summed E-state index contributed by atoms with van der Waals surface area (Å²) in [6.07, 6.45) is 6.29. The van der Waals surface area contributed by atoms with Gasteiger partial charge in [-0.05, 0) is 20.3 Å². The van der Waals surface area contributed by atoms with Crippen molar-refractivity contribution in [2.24, 2.45) is 0 Å². The highest BCUT2D eigenvalue weighted by atomic mass is 28.3. The van der Waals surface area contributed by atoms with E-state index in [1.165, 1.54) is 30.7 Å². The molecule has 0 fully saturated rings. The van der Waals surface area contributed by atoms with Crippen LogP contribution in [-0.4, -0.2) is 14.8 Å². The van der Waals surface area contributed by atoms with Crippen LogP contribution >= 0.6 is 0 Å². The van der Waals surface area contributed by atoms with Crippen LogP contribution in [0.15, 0.2) is 22.3 Å². The molecule has 104 valence electrons. The molecule has 0 nitrogen and oxygen atoms in total. The Morgan fingerprint density at radius 1 is 1.00 bits per heavy atom. The van der Waals surface area contributed by atoms with Crippen LogP contribution in [0.1, 0.15) is 48.0 Å². The SMILES string of the molecule is CCB(CC)/C(CC)=C(/C=C(C)C)[Si](C)(C)CC. The molecule has 0 aliphatic heterocycles. The first kappa shape index (κ1) is 17.8. The lowest BCUT2D eigenvalue weighted by Gasteiger charge is -2.29. The summed E-state index contributed by atoms with van der Waals surface area (Å²) in [5.41, 5.74) is 3.20. The standard InChI is InChI=1S/C16H33BSi/c1-9-15(17(10-2)11-3)16(13-14(5)6)18(7,8)12-4/h13H,9-12H2,1-8H3/b16-15-. The van der Waals surface area contributed by atoms with Gasteiger partial charge in [-0.1, -0.05) is 76.3 Å². The Kier molecular flexibility index (Phi) is 7.93. The molecule has 0 unspecified atom stereocenters. The van der Waals surface area contributed by atoms with Crippen molar-refractivity contribution in [2.75, 3.05) is 0 Å². The zero-order valence-corrected chi connectivity index (χ0v) is 15.0. The molecule has 0 amide bonds. The fraction of sp³-hybridized carbons (Fsp3) is 0.750. The highest BCUT2D eigenvalue weighted by Crippen LogP contribution is 2.29. The van der Waals surface area contributed by atoms with Crippen LogP contribution in [0.3, 0.4) is 0 Å². The van der Waals surface area contributed by atoms with Crippen LogP contribution in [0.25, 0.3) is 0 Å². The molecule has 0 spiro atoms. The molecule has 0 radical (unpaired) electrons. The van der Waals surface area contributed by atoms with Crippen LogP contribution in [0.2, 0.25) is 31.8 Å². The zero-order valence-electron chi connectivity index (χ0n) is 14.0. The minimum Gasteiger partial charge on any atom is -0.102 e. The van der Waals surface area contributed by atoms with Crippen molar-refractivity contribution in [3.8, 4) is 0 Å². The van der Waals surface area contributed by atoms with Gasteiger partial charge in [-0.15, -0.1) is 5.47 Å². The lowest BCUT2D eigenvalue weighted by Crippen LogP contribution is -2.31. The second kappa shape index (κ2) is 8.04. The second-order valence-corrected chi connectivity index (χ2v) is 11.3. The Bertz CT molecular complexity index is 305. The van der Waals surface area contributed by atoms with Gasteiger partial charge in [0, 0.05) is 0 Å². The molecular weight excluding hydrogens is 231 g/mol. The molecule has 0 rings (SSSR count). The largest absolute Gasteiger partial charge is 0.169 e. The molecule has 0 aliphatic rings. The van der Waals surface area contributed by atoms with E-state index in [9.17, 15) is 0 Å². The average molecular weight is 264 g/mol. The Morgan fingerprint density at radius 3 is 1.78 bits per heavy atom. The molecule has 0 saturated carbocycles. The van der Waals surface area contributed by atoms with E-state index in [0.29, 0.717) is 0 Å². The van der Waals surface area contributed by atoms with Gasteiger partial charge in [0.2, 0.25) is 0 Å². The second-order valence-electron chi connectivity index (χ2n) is 6.27. The average Bonchev–Trinajstić information content (AvgIpc) is 2.33. The lowest BCUT2D eigenvalue weighted by molar-refractivity contribution is 1.13. The highest BCUT2D eigenvalue weighted by Gasteiger charge is 2.27. The van der Waals surface area contributed by atoms with Gasteiger partial charge in [-0.2, -0.15) is 0 Å². The van der Waals surface area contributed by atoms with Crippen LogP contribution < -0.4 is 0 Å². The first-order valence-corrected chi connectivity index (χ1v) is 10.9. The van der Waals surface area contributed by atoms with Crippen molar-refractivity contribution in [3.63, 3.8) is 0 Å². The predicted molar refractivity (Wildman–Crippen MR) is 91.4 cm³/mol. The van der Waals surface area contributed by atoms with E-state index in [1.807, 2.05) is 0 Å². The smallest absolute Gasteiger partial charge is 0.102 e. The number of hydrogen-bond acceptors (Lipinski definition) is 0. The molecule has 0 saturated heterocycles. The quantitative estimate of drug-likeness (QED) is 0.390. The molecule has 18 heavy (non-hydrogen) atoms. The van der Waals surface area contributed by atoms with E-state index in [2.05, 4.69) is 60.7 Å². The van der Waals surface area contributed by atoms with Gasteiger partial charge in [0.1, 0.15) is 0 Å². The van der Waals surface area contributed by atoms with Gasteiger partial charge in [-0.25, -0.2) is 0 Å².